The minimum atomic E-state index is -0.284. The number of amides is 3. The Kier molecular flexibility index (Phi) is 6.51. The molecule has 3 amide bonds. The fourth-order valence-electron chi connectivity index (χ4n) is 2.38. The van der Waals surface area contributed by atoms with Crippen LogP contribution in [0.2, 0.25) is 0 Å². The van der Waals surface area contributed by atoms with Gasteiger partial charge in [-0.2, -0.15) is 0 Å². The van der Waals surface area contributed by atoms with Crippen LogP contribution in [0.3, 0.4) is 0 Å². The number of anilines is 1. The number of nitrogens with one attached hydrogen (secondary N) is 3. The molecule has 0 saturated heterocycles. The molecule has 2 aromatic rings. The number of hydrogen-bond acceptors (Lipinski definition) is 3. The van der Waals surface area contributed by atoms with Gasteiger partial charge in [0.05, 0.1) is 18.2 Å². The molecule has 25 heavy (non-hydrogen) atoms. The van der Waals surface area contributed by atoms with Gasteiger partial charge in [-0.3, -0.25) is 9.78 Å². The van der Waals surface area contributed by atoms with Crippen LogP contribution >= 0.6 is 0 Å². The second-order valence-electron chi connectivity index (χ2n) is 5.87. The molecule has 2 rings (SSSR count). The summed E-state index contributed by atoms with van der Waals surface area (Å²) in [5, 5.41) is 8.32. The first kappa shape index (κ1) is 18.4. The zero-order valence-corrected chi connectivity index (χ0v) is 14.8. The predicted octanol–water partition coefficient (Wildman–Crippen LogP) is 2.95. The highest BCUT2D eigenvalue weighted by molar-refractivity contribution is 5.89. The van der Waals surface area contributed by atoms with Gasteiger partial charge in [-0.25, -0.2) is 4.79 Å². The van der Waals surface area contributed by atoms with Gasteiger partial charge in [-0.15, -0.1) is 0 Å². The normalized spacial score (nSPS) is 11.5. The Hall–Kier alpha value is -2.89. The number of aryl methyl sites for hydroxylation is 1. The number of likely N-dealkylation sites (N-methyl/N-ethyl adjacent to an activating group) is 1. The van der Waals surface area contributed by atoms with Crippen LogP contribution in [-0.4, -0.2) is 24.0 Å². The predicted molar refractivity (Wildman–Crippen MR) is 98.4 cm³/mol. The monoisotopic (exact) mass is 340 g/mol. The molecule has 0 fully saturated rings. The molecule has 1 atom stereocenters. The van der Waals surface area contributed by atoms with Gasteiger partial charge in [0.1, 0.15) is 0 Å². The summed E-state index contributed by atoms with van der Waals surface area (Å²) >= 11 is 0. The Bertz CT molecular complexity index is 711. The molecule has 1 aromatic heterocycles. The van der Waals surface area contributed by atoms with Crippen LogP contribution in [0.5, 0.6) is 0 Å². The zero-order chi connectivity index (χ0) is 18.2. The van der Waals surface area contributed by atoms with E-state index in [9.17, 15) is 9.59 Å². The van der Waals surface area contributed by atoms with Crippen LogP contribution in [0.4, 0.5) is 10.5 Å². The highest BCUT2D eigenvalue weighted by Gasteiger charge is 2.14. The summed E-state index contributed by atoms with van der Waals surface area (Å²) in [4.78, 5) is 28.0. The number of nitrogens with zero attached hydrogens (tertiary/aromatic N) is 1. The molecule has 0 saturated carbocycles. The lowest BCUT2D eigenvalue weighted by atomic mass is 10.1. The topological polar surface area (TPSA) is 83.1 Å². The van der Waals surface area contributed by atoms with E-state index in [1.54, 1.807) is 25.4 Å². The molecular formula is C19H24N4O2. The number of carbonyl (C=O) groups is 2. The Morgan fingerprint density at radius 1 is 1.12 bits per heavy atom. The minimum Gasteiger partial charge on any atom is -0.359 e. The van der Waals surface area contributed by atoms with Gasteiger partial charge in [0.15, 0.2) is 0 Å². The van der Waals surface area contributed by atoms with Crippen molar-refractivity contribution in [3.8, 4) is 0 Å². The number of benzene rings is 1. The smallest absolute Gasteiger partial charge is 0.319 e. The van der Waals surface area contributed by atoms with E-state index in [2.05, 4.69) is 20.9 Å². The summed E-state index contributed by atoms with van der Waals surface area (Å²) in [6.07, 6.45) is 2.86. The summed E-state index contributed by atoms with van der Waals surface area (Å²) in [5.74, 6) is -0.0464. The van der Waals surface area contributed by atoms with Crippen molar-refractivity contribution in [3.05, 3.63) is 59.4 Å². The lowest BCUT2D eigenvalue weighted by Crippen LogP contribution is -2.32. The highest BCUT2D eigenvalue weighted by atomic mass is 16.2. The zero-order valence-electron chi connectivity index (χ0n) is 14.8. The van der Waals surface area contributed by atoms with Gasteiger partial charge in [0.2, 0.25) is 5.91 Å². The first-order valence-electron chi connectivity index (χ1n) is 8.31. The molecule has 0 radical (unpaired) electrons. The molecule has 0 aliphatic carbocycles. The average molecular weight is 340 g/mol. The van der Waals surface area contributed by atoms with Crippen molar-refractivity contribution >= 4 is 17.6 Å². The van der Waals surface area contributed by atoms with Crippen molar-refractivity contribution in [1.29, 1.82) is 0 Å². The van der Waals surface area contributed by atoms with Crippen molar-refractivity contribution in [3.63, 3.8) is 0 Å². The molecule has 1 heterocycles. The minimum absolute atomic E-state index is 0.0464. The van der Waals surface area contributed by atoms with Gasteiger partial charge >= 0.3 is 6.03 Å². The maximum absolute atomic E-state index is 12.2. The van der Waals surface area contributed by atoms with Crippen LogP contribution in [0.15, 0.2) is 42.6 Å². The first-order valence-corrected chi connectivity index (χ1v) is 8.31. The van der Waals surface area contributed by atoms with Crippen LogP contribution in [0.1, 0.15) is 36.2 Å². The van der Waals surface area contributed by atoms with Crippen molar-refractivity contribution in [2.45, 2.75) is 32.7 Å². The van der Waals surface area contributed by atoms with Crippen LogP contribution in [0, 0.1) is 6.92 Å². The Balaban J connectivity index is 1.94. The average Bonchev–Trinajstić information content (AvgIpc) is 2.62. The fraction of sp³-hybridized carbons (Fsp3) is 0.316. The van der Waals surface area contributed by atoms with Crippen molar-refractivity contribution in [1.82, 2.24) is 15.6 Å². The number of aromatic nitrogens is 1. The molecule has 6 nitrogen and oxygen atoms in total. The number of rotatable bonds is 6. The Morgan fingerprint density at radius 2 is 1.84 bits per heavy atom. The van der Waals surface area contributed by atoms with Crippen LogP contribution in [0.25, 0.3) is 0 Å². The number of pyridine rings is 1. The highest BCUT2D eigenvalue weighted by Crippen LogP contribution is 2.15. The number of hydrogen-bond donors (Lipinski definition) is 3. The summed E-state index contributed by atoms with van der Waals surface area (Å²) in [6, 6.07) is 10.7. The number of carbonyl (C=O) groups excluding carboxylic acids is 2. The molecule has 0 spiro atoms. The van der Waals surface area contributed by atoms with E-state index in [4.69, 9.17) is 0 Å². The van der Waals surface area contributed by atoms with Gasteiger partial charge in [-0.05, 0) is 42.7 Å². The standard InChI is InChI=1S/C19H24N4O2/c1-4-16(17-10-5-13(2)12-21-17)23-19(25)22-15-8-6-14(7-9-15)11-18(24)20-3/h5-10,12,16H,4,11H2,1-3H3,(H,20,24)(H2,22,23,25). The second kappa shape index (κ2) is 8.82. The third-order valence-electron chi connectivity index (χ3n) is 3.86. The third-order valence-corrected chi connectivity index (χ3v) is 3.86. The van der Waals surface area contributed by atoms with Gasteiger partial charge in [0.25, 0.3) is 0 Å². The lowest BCUT2D eigenvalue weighted by Gasteiger charge is -2.17. The Morgan fingerprint density at radius 3 is 2.40 bits per heavy atom. The van der Waals surface area contributed by atoms with E-state index < -0.39 is 0 Å². The quantitative estimate of drug-likeness (QED) is 0.756. The SMILES string of the molecule is CCC(NC(=O)Nc1ccc(CC(=O)NC)cc1)c1ccc(C)cn1. The third kappa shape index (κ3) is 5.60. The van der Waals surface area contributed by atoms with Crippen molar-refractivity contribution in [2.24, 2.45) is 0 Å². The van der Waals surface area contributed by atoms with E-state index >= 15 is 0 Å². The van der Waals surface area contributed by atoms with Crippen LogP contribution in [-0.2, 0) is 11.2 Å². The molecule has 0 aliphatic heterocycles. The summed E-state index contributed by atoms with van der Waals surface area (Å²) in [5.41, 5.74) is 3.48. The first-order chi connectivity index (χ1) is 12.0. The molecule has 6 heteroatoms. The van der Waals surface area contributed by atoms with Crippen molar-refractivity contribution in [2.75, 3.05) is 12.4 Å². The maximum Gasteiger partial charge on any atom is 0.319 e. The molecule has 3 N–H and O–H groups in total. The van der Waals surface area contributed by atoms with Crippen molar-refractivity contribution < 1.29 is 9.59 Å². The van der Waals surface area contributed by atoms with E-state index in [1.807, 2.05) is 38.1 Å². The van der Waals surface area contributed by atoms with E-state index in [0.717, 1.165) is 23.2 Å². The molecular weight excluding hydrogens is 316 g/mol. The molecule has 1 unspecified atom stereocenters. The second-order valence-corrected chi connectivity index (χ2v) is 5.87. The maximum atomic E-state index is 12.2. The lowest BCUT2D eigenvalue weighted by molar-refractivity contribution is -0.119. The molecule has 0 aliphatic rings. The largest absolute Gasteiger partial charge is 0.359 e. The van der Waals surface area contributed by atoms with Crippen LogP contribution < -0.4 is 16.0 Å². The summed E-state index contributed by atoms with van der Waals surface area (Å²) in [7, 11) is 1.61. The van der Waals surface area contributed by atoms with Gasteiger partial charge < -0.3 is 16.0 Å². The molecule has 0 bridgehead atoms. The van der Waals surface area contributed by atoms with Gasteiger partial charge in [-0.1, -0.05) is 25.1 Å². The van der Waals surface area contributed by atoms with Gasteiger partial charge in [0, 0.05) is 18.9 Å². The molecule has 1 aromatic carbocycles. The molecule has 132 valence electrons. The Labute approximate surface area is 148 Å². The van der Waals surface area contributed by atoms with E-state index in [-0.39, 0.29) is 18.0 Å². The van der Waals surface area contributed by atoms with E-state index in [1.165, 1.54) is 0 Å². The van der Waals surface area contributed by atoms with E-state index in [0.29, 0.717) is 12.1 Å². The fourth-order valence-corrected chi connectivity index (χ4v) is 2.38. The summed E-state index contributed by atoms with van der Waals surface area (Å²) < 4.78 is 0. The number of urea groups is 1. The summed E-state index contributed by atoms with van der Waals surface area (Å²) in [6.45, 7) is 3.98.